The number of nitrogens with two attached hydrogens (primary N) is 1. The van der Waals surface area contributed by atoms with Crippen molar-refractivity contribution >= 4 is 0 Å². The summed E-state index contributed by atoms with van der Waals surface area (Å²) in [6, 6.07) is 8.99. The number of ether oxygens (including phenoxy) is 1. The van der Waals surface area contributed by atoms with Crippen molar-refractivity contribution < 1.29 is 4.74 Å². The molecule has 1 aromatic carbocycles. The van der Waals surface area contributed by atoms with Crippen molar-refractivity contribution in [1.82, 2.24) is 0 Å². The van der Waals surface area contributed by atoms with Crippen LogP contribution in [0.3, 0.4) is 0 Å². The molecule has 1 heterocycles. The average molecular weight is 233 g/mol. The molecule has 1 atom stereocenters. The Morgan fingerprint density at radius 1 is 1.18 bits per heavy atom. The van der Waals surface area contributed by atoms with Crippen molar-refractivity contribution in [3.63, 3.8) is 0 Å². The summed E-state index contributed by atoms with van der Waals surface area (Å²) in [5.41, 5.74) is 8.76. The van der Waals surface area contributed by atoms with E-state index in [0.29, 0.717) is 11.8 Å². The minimum Gasteiger partial charge on any atom is -0.379 e. The van der Waals surface area contributed by atoms with Crippen molar-refractivity contribution in [3.8, 4) is 0 Å². The zero-order valence-electron chi connectivity index (χ0n) is 11.1. The van der Waals surface area contributed by atoms with E-state index < -0.39 is 0 Å². The number of rotatable bonds is 4. The molecule has 1 aliphatic heterocycles. The molecule has 1 aromatic rings. The van der Waals surface area contributed by atoms with Crippen molar-refractivity contribution in [2.75, 3.05) is 19.8 Å². The predicted octanol–water partition coefficient (Wildman–Crippen LogP) is 2.67. The van der Waals surface area contributed by atoms with E-state index in [2.05, 4.69) is 45.0 Å². The molecular weight excluding hydrogens is 210 g/mol. The first-order valence-electron chi connectivity index (χ1n) is 6.48. The highest BCUT2D eigenvalue weighted by atomic mass is 16.5. The molecule has 17 heavy (non-hydrogen) atoms. The number of benzene rings is 1. The average Bonchev–Trinajstić information content (AvgIpc) is 2.28. The molecule has 0 aromatic heterocycles. The maximum absolute atomic E-state index is 5.83. The van der Waals surface area contributed by atoms with Crippen LogP contribution in [0.25, 0.3) is 0 Å². The molecule has 0 amide bonds. The van der Waals surface area contributed by atoms with E-state index in [1.807, 2.05) is 0 Å². The van der Waals surface area contributed by atoms with Crippen LogP contribution in [0.2, 0.25) is 0 Å². The van der Waals surface area contributed by atoms with Gasteiger partial charge in [-0.1, -0.05) is 45.0 Å². The Hall–Kier alpha value is -0.860. The van der Waals surface area contributed by atoms with Gasteiger partial charge in [0.2, 0.25) is 0 Å². The van der Waals surface area contributed by atoms with Gasteiger partial charge in [-0.25, -0.2) is 0 Å². The number of hydrogen-bond acceptors (Lipinski definition) is 2. The summed E-state index contributed by atoms with van der Waals surface area (Å²) in [6.07, 6.45) is 0. The minimum atomic E-state index is 0.157. The van der Waals surface area contributed by atoms with Crippen molar-refractivity contribution in [2.24, 2.45) is 11.7 Å². The summed E-state index contributed by atoms with van der Waals surface area (Å²) in [4.78, 5) is 0. The second-order valence-electron chi connectivity index (χ2n) is 5.56. The van der Waals surface area contributed by atoms with Crippen LogP contribution in [0.1, 0.15) is 37.8 Å². The standard InChI is InChI=1S/C15H23NO/c1-11(2)13-4-6-14(7-5-13)15(9-17-10-15)12(3)8-16/h4-7,11-12H,8-10,16H2,1-3H3. The second-order valence-corrected chi connectivity index (χ2v) is 5.56. The molecule has 0 aliphatic carbocycles. The summed E-state index contributed by atoms with van der Waals surface area (Å²) >= 11 is 0. The van der Waals surface area contributed by atoms with Crippen LogP contribution in [0.15, 0.2) is 24.3 Å². The molecule has 1 saturated heterocycles. The molecule has 0 radical (unpaired) electrons. The SMILES string of the molecule is CC(C)c1ccc(C2(C(C)CN)COC2)cc1. The van der Waals surface area contributed by atoms with Crippen molar-refractivity contribution in [2.45, 2.75) is 32.1 Å². The van der Waals surface area contributed by atoms with Gasteiger partial charge < -0.3 is 10.5 Å². The molecule has 2 rings (SSSR count). The van der Waals surface area contributed by atoms with Gasteiger partial charge >= 0.3 is 0 Å². The molecule has 1 aliphatic rings. The zero-order valence-corrected chi connectivity index (χ0v) is 11.1. The van der Waals surface area contributed by atoms with Gasteiger partial charge in [-0.2, -0.15) is 0 Å². The van der Waals surface area contributed by atoms with E-state index >= 15 is 0 Å². The van der Waals surface area contributed by atoms with E-state index in [1.54, 1.807) is 0 Å². The summed E-state index contributed by atoms with van der Waals surface area (Å²) in [5.74, 6) is 1.06. The first-order valence-corrected chi connectivity index (χ1v) is 6.48. The quantitative estimate of drug-likeness (QED) is 0.867. The zero-order chi connectivity index (χ0) is 12.5. The number of hydrogen-bond donors (Lipinski definition) is 1. The first-order chi connectivity index (χ1) is 8.10. The van der Waals surface area contributed by atoms with E-state index in [1.165, 1.54) is 11.1 Å². The lowest BCUT2D eigenvalue weighted by molar-refractivity contribution is -0.0854. The Morgan fingerprint density at radius 3 is 2.12 bits per heavy atom. The molecule has 0 bridgehead atoms. The first kappa shape index (κ1) is 12.6. The summed E-state index contributed by atoms with van der Waals surface area (Å²) in [7, 11) is 0. The summed E-state index contributed by atoms with van der Waals surface area (Å²) in [5, 5.41) is 0. The van der Waals surface area contributed by atoms with Gasteiger partial charge in [0, 0.05) is 5.41 Å². The molecule has 1 fully saturated rings. The molecule has 2 N–H and O–H groups in total. The smallest absolute Gasteiger partial charge is 0.0588 e. The Bertz CT molecular complexity index is 365. The van der Waals surface area contributed by atoms with Crippen LogP contribution >= 0.6 is 0 Å². The van der Waals surface area contributed by atoms with E-state index in [4.69, 9.17) is 10.5 Å². The van der Waals surface area contributed by atoms with Gasteiger partial charge in [0.25, 0.3) is 0 Å². The Labute approximate surface area is 104 Å². The second kappa shape index (κ2) is 4.79. The van der Waals surface area contributed by atoms with Crippen molar-refractivity contribution in [1.29, 1.82) is 0 Å². The monoisotopic (exact) mass is 233 g/mol. The third-order valence-electron chi connectivity index (χ3n) is 4.17. The highest BCUT2D eigenvalue weighted by Crippen LogP contribution is 2.39. The molecule has 94 valence electrons. The van der Waals surface area contributed by atoms with Crippen LogP contribution in [0.4, 0.5) is 0 Å². The third-order valence-corrected chi connectivity index (χ3v) is 4.17. The minimum absolute atomic E-state index is 0.157. The Morgan fingerprint density at radius 2 is 1.76 bits per heavy atom. The molecule has 2 nitrogen and oxygen atoms in total. The Kier molecular flexibility index (Phi) is 3.55. The summed E-state index contributed by atoms with van der Waals surface area (Å²) in [6.45, 7) is 9.01. The lowest BCUT2D eigenvalue weighted by atomic mass is 9.69. The molecule has 2 heteroatoms. The van der Waals surface area contributed by atoms with Crippen LogP contribution < -0.4 is 5.73 Å². The highest BCUT2D eigenvalue weighted by molar-refractivity contribution is 5.33. The van der Waals surface area contributed by atoms with Gasteiger partial charge in [0.15, 0.2) is 0 Å². The van der Waals surface area contributed by atoms with Crippen LogP contribution in [0, 0.1) is 5.92 Å². The van der Waals surface area contributed by atoms with Crippen LogP contribution in [-0.2, 0) is 10.2 Å². The lowest BCUT2D eigenvalue weighted by Gasteiger charge is -2.46. The van der Waals surface area contributed by atoms with E-state index in [9.17, 15) is 0 Å². The highest BCUT2D eigenvalue weighted by Gasteiger charge is 2.44. The van der Waals surface area contributed by atoms with Crippen molar-refractivity contribution in [3.05, 3.63) is 35.4 Å². The normalized spacial score (nSPS) is 20.1. The Balaban J connectivity index is 2.26. The third kappa shape index (κ3) is 2.12. The van der Waals surface area contributed by atoms with Gasteiger partial charge in [-0.3, -0.25) is 0 Å². The fourth-order valence-electron chi connectivity index (χ4n) is 2.48. The molecule has 1 unspecified atom stereocenters. The van der Waals surface area contributed by atoms with E-state index in [-0.39, 0.29) is 5.41 Å². The van der Waals surface area contributed by atoms with Gasteiger partial charge in [0.05, 0.1) is 13.2 Å². The van der Waals surface area contributed by atoms with E-state index in [0.717, 1.165) is 19.8 Å². The summed E-state index contributed by atoms with van der Waals surface area (Å²) < 4.78 is 5.44. The lowest BCUT2D eigenvalue weighted by Crippen LogP contribution is -2.53. The molecular formula is C15H23NO. The predicted molar refractivity (Wildman–Crippen MR) is 71.2 cm³/mol. The molecule has 0 spiro atoms. The largest absolute Gasteiger partial charge is 0.379 e. The molecule has 0 saturated carbocycles. The topological polar surface area (TPSA) is 35.2 Å². The van der Waals surface area contributed by atoms with Gasteiger partial charge in [-0.15, -0.1) is 0 Å². The van der Waals surface area contributed by atoms with Crippen LogP contribution in [-0.4, -0.2) is 19.8 Å². The fourth-order valence-corrected chi connectivity index (χ4v) is 2.48. The fraction of sp³-hybridized carbons (Fsp3) is 0.600. The van der Waals surface area contributed by atoms with Gasteiger partial charge in [-0.05, 0) is 29.5 Å². The maximum atomic E-state index is 5.83. The van der Waals surface area contributed by atoms with Gasteiger partial charge in [0.1, 0.15) is 0 Å². The van der Waals surface area contributed by atoms with Crippen LogP contribution in [0.5, 0.6) is 0 Å². The maximum Gasteiger partial charge on any atom is 0.0588 e.